The zero-order valence-electron chi connectivity index (χ0n) is 10.1. The Morgan fingerprint density at radius 3 is 2.47 bits per heavy atom. The Bertz CT molecular complexity index is 276. The van der Waals surface area contributed by atoms with Gasteiger partial charge in [-0.25, -0.2) is 0 Å². The van der Waals surface area contributed by atoms with Crippen LogP contribution in [0.15, 0.2) is 23.8 Å². The maximum absolute atomic E-state index is 10.0. The van der Waals surface area contributed by atoms with Gasteiger partial charge in [-0.2, -0.15) is 0 Å². The largest absolute Gasteiger partial charge is 0.390 e. The van der Waals surface area contributed by atoms with Crippen molar-refractivity contribution in [2.24, 2.45) is 11.3 Å². The summed E-state index contributed by atoms with van der Waals surface area (Å²) >= 11 is 0. The van der Waals surface area contributed by atoms with E-state index in [1.54, 1.807) is 0 Å². The van der Waals surface area contributed by atoms with Crippen molar-refractivity contribution in [2.45, 2.75) is 46.3 Å². The van der Waals surface area contributed by atoms with E-state index in [-0.39, 0.29) is 11.3 Å². The number of rotatable bonds is 3. The second kappa shape index (κ2) is 4.50. The van der Waals surface area contributed by atoms with Crippen molar-refractivity contribution in [1.29, 1.82) is 0 Å². The molecule has 0 amide bonds. The fourth-order valence-corrected chi connectivity index (χ4v) is 2.27. The molecule has 3 unspecified atom stereocenters. The molecule has 2 nitrogen and oxygen atoms in total. The maximum atomic E-state index is 10.0. The van der Waals surface area contributed by atoms with E-state index >= 15 is 0 Å². The van der Waals surface area contributed by atoms with Crippen molar-refractivity contribution in [3.63, 3.8) is 0 Å². The zero-order chi connectivity index (χ0) is 11.6. The van der Waals surface area contributed by atoms with Gasteiger partial charge in [0.25, 0.3) is 0 Å². The van der Waals surface area contributed by atoms with Crippen LogP contribution in [-0.2, 0) is 0 Å². The second-order valence-electron chi connectivity index (χ2n) is 5.06. The fraction of sp³-hybridized carbons (Fsp3) is 0.692. The first-order valence-corrected chi connectivity index (χ1v) is 5.62. The summed E-state index contributed by atoms with van der Waals surface area (Å²) in [6, 6.07) is 0. The van der Waals surface area contributed by atoms with Gasteiger partial charge in [0, 0.05) is 5.92 Å². The normalized spacial score (nSPS) is 28.4. The van der Waals surface area contributed by atoms with Gasteiger partial charge in [-0.1, -0.05) is 44.6 Å². The molecule has 0 aliphatic heterocycles. The molecule has 0 heterocycles. The van der Waals surface area contributed by atoms with Crippen LogP contribution in [0.4, 0.5) is 0 Å². The Balaban J connectivity index is 2.84. The van der Waals surface area contributed by atoms with Crippen molar-refractivity contribution in [3.8, 4) is 0 Å². The maximum Gasteiger partial charge on any atom is 0.0869 e. The van der Waals surface area contributed by atoms with Crippen LogP contribution in [0.1, 0.15) is 34.1 Å². The molecule has 3 atom stereocenters. The van der Waals surface area contributed by atoms with Crippen LogP contribution in [0.2, 0.25) is 0 Å². The first kappa shape index (κ1) is 12.5. The Kier molecular flexibility index (Phi) is 3.74. The molecule has 0 aromatic carbocycles. The highest BCUT2D eigenvalue weighted by Gasteiger charge is 2.35. The van der Waals surface area contributed by atoms with Crippen molar-refractivity contribution in [2.75, 3.05) is 0 Å². The van der Waals surface area contributed by atoms with Gasteiger partial charge in [-0.05, 0) is 18.8 Å². The van der Waals surface area contributed by atoms with Gasteiger partial charge in [-0.15, -0.1) is 0 Å². The molecule has 0 radical (unpaired) electrons. The summed E-state index contributed by atoms with van der Waals surface area (Å²) < 4.78 is 0. The van der Waals surface area contributed by atoms with E-state index in [1.807, 2.05) is 19.1 Å². The minimum Gasteiger partial charge on any atom is -0.390 e. The molecule has 2 heteroatoms. The van der Waals surface area contributed by atoms with E-state index in [9.17, 15) is 10.2 Å². The van der Waals surface area contributed by atoms with E-state index in [1.165, 1.54) is 5.57 Å². The van der Waals surface area contributed by atoms with Crippen LogP contribution in [-0.4, -0.2) is 22.4 Å². The Morgan fingerprint density at radius 1 is 1.40 bits per heavy atom. The highest BCUT2D eigenvalue weighted by molar-refractivity contribution is 5.27. The molecule has 1 rings (SSSR count). The second-order valence-corrected chi connectivity index (χ2v) is 5.06. The van der Waals surface area contributed by atoms with Gasteiger partial charge in [-0.3, -0.25) is 0 Å². The lowest BCUT2D eigenvalue weighted by Crippen LogP contribution is -2.40. The standard InChI is InChI=1S/C13H22O2/c1-5-11(14)12(15)10-7-6-9(2)8-13(10,3)4/h6-8,10-12,14-15H,5H2,1-4H3. The van der Waals surface area contributed by atoms with Crippen molar-refractivity contribution in [3.05, 3.63) is 23.8 Å². The van der Waals surface area contributed by atoms with Crippen LogP contribution >= 0.6 is 0 Å². The number of aliphatic hydroxyl groups excluding tert-OH is 2. The molecule has 1 aliphatic rings. The molecule has 86 valence electrons. The first-order chi connectivity index (χ1) is 6.88. The van der Waals surface area contributed by atoms with E-state index in [2.05, 4.69) is 26.8 Å². The third-order valence-electron chi connectivity index (χ3n) is 3.21. The summed E-state index contributed by atoms with van der Waals surface area (Å²) in [4.78, 5) is 0. The SMILES string of the molecule is CCC(O)C(O)C1C=CC(C)=CC1(C)C. The van der Waals surface area contributed by atoms with Crippen LogP contribution in [0.25, 0.3) is 0 Å². The monoisotopic (exact) mass is 210 g/mol. The lowest BCUT2D eigenvalue weighted by Gasteiger charge is -2.37. The van der Waals surface area contributed by atoms with Gasteiger partial charge >= 0.3 is 0 Å². The molecular weight excluding hydrogens is 188 g/mol. The van der Waals surface area contributed by atoms with Crippen LogP contribution in [0, 0.1) is 11.3 Å². The van der Waals surface area contributed by atoms with E-state index in [0.29, 0.717) is 6.42 Å². The molecular formula is C13H22O2. The van der Waals surface area contributed by atoms with Crippen molar-refractivity contribution < 1.29 is 10.2 Å². The fourth-order valence-electron chi connectivity index (χ4n) is 2.27. The summed E-state index contributed by atoms with van der Waals surface area (Å²) in [6.07, 6.45) is 5.46. The van der Waals surface area contributed by atoms with Gasteiger partial charge < -0.3 is 10.2 Å². The van der Waals surface area contributed by atoms with Crippen LogP contribution in [0.3, 0.4) is 0 Å². The lowest BCUT2D eigenvalue weighted by molar-refractivity contribution is -0.0288. The smallest absolute Gasteiger partial charge is 0.0869 e. The predicted molar refractivity (Wildman–Crippen MR) is 62.5 cm³/mol. The van der Waals surface area contributed by atoms with E-state index in [4.69, 9.17) is 0 Å². The minimum absolute atomic E-state index is 0.00356. The van der Waals surface area contributed by atoms with Crippen LogP contribution < -0.4 is 0 Å². The summed E-state index contributed by atoms with van der Waals surface area (Å²) in [6.45, 7) is 8.12. The molecule has 0 spiro atoms. The Morgan fingerprint density at radius 2 is 2.00 bits per heavy atom. The minimum atomic E-state index is -0.675. The Hall–Kier alpha value is -0.600. The molecule has 0 saturated carbocycles. The lowest BCUT2D eigenvalue weighted by atomic mass is 9.70. The molecule has 1 aliphatic carbocycles. The number of hydrogen-bond acceptors (Lipinski definition) is 2. The number of allylic oxidation sites excluding steroid dienone is 3. The molecule has 0 aromatic rings. The third-order valence-corrected chi connectivity index (χ3v) is 3.21. The quantitative estimate of drug-likeness (QED) is 0.750. The predicted octanol–water partition coefficient (Wildman–Crippen LogP) is 2.28. The highest BCUT2D eigenvalue weighted by atomic mass is 16.3. The first-order valence-electron chi connectivity index (χ1n) is 5.62. The Labute approximate surface area is 92.3 Å². The summed E-state index contributed by atoms with van der Waals surface area (Å²) in [5.74, 6) is -0.00356. The van der Waals surface area contributed by atoms with E-state index < -0.39 is 12.2 Å². The summed E-state index contributed by atoms with van der Waals surface area (Å²) in [7, 11) is 0. The average Bonchev–Trinajstić information content (AvgIpc) is 2.14. The van der Waals surface area contributed by atoms with Gasteiger partial charge in [0.15, 0.2) is 0 Å². The molecule has 15 heavy (non-hydrogen) atoms. The molecule has 0 fully saturated rings. The van der Waals surface area contributed by atoms with Crippen molar-refractivity contribution in [1.82, 2.24) is 0 Å². The van der Waals surface area contributed by atoms with Crippen LogP contribution in [0.5, 0.6) is 0 Å². The van der Waals surface area contributed by atoms with Gasteiger partial charge in [0.05, 0.1) is 12.2 Å². The molecule has 2 N–H and O–H groups in total. The molecule has 0 bridgehead atoms. The molecule has 0 aromatic heterocycles. The molecule has 0 saturated heterocycles. The number of hydrogen-bond donors (Lipinski definition) is 2. The average molecular weight is 210 g/mol. The topological polar surface area (TPSA) is 40.5 Å². The van der Waals surface area contributed by atoms with Gasteiger partial charge in [0.1, 0.15) is 0 Å². The number of aliphatic hydroxyl groups is 2. The van der Waals surface area contributed by atoms with E-state index in [0.717, 1.165) is 0 Å². The van der Waals surface area contributed by atoms with Crippen molar-refractivity contribution >= 4 is 0 Å². The zero-order valence-corrected chi connectivity index (χ0v) is 10.1. The third kappa shape index (κ3) is 2.70. The summed E-state index contributed by atoms with van der Waals surface area (Å²) in [5.41, 5.74) is 1.13. The van der Waals surface area contributed by atoms with Gasteiger partial charge in [0.2, 0.25) is 0 Å². The summed E-state index contributed by atoms with van der Waals surface area (Å²) in [5, 5.41) is 19.7. The highest BCUT2D eigenvalue weighted by Crippen LogP contribution is 2.37.